The lowest BCUT2D eigenvalue weighted by atomic mass is 10.2. The first-order valence-corrected chi connectivity index (χ1v) is 10.9. The van der Waals surface area contributed by atoms with Gasteiger partial charge in [0.1, 0.15) is 5.82 Å². The molecule has 3 aromatic rings. The van der Waals surface area contributed by atoms with Gasteiger partial charge in [0, 0.05) is 17.9 Å². The Morgan fingerprint density at radius 3 is 2.65 bits per heavy atom. The number of benzene rings is 3. The molecule has 0 radical (unpaired) electrons. The summed E-state index contributed by atoms with van der Waals surface area (Å²) in [5.74, 6) is 0.291. The quantitative estimate of drug-likeness (QED) is 0.334. The second-order valence-electron chi connectivity index (χ2n) is 6.80. The maximum absolute atomic E-state index is 13.3. The van der Waals surface area contributed by atoms with Crippen molar-refractivity contribution in [2.75, 3.05) is 24.4 Å². The van der Waals surface area contributed by atoms with E-state index in [0.29, 0.717) is 23.7 Å². The molecule has 0 unspecified atom stereocenters. The molecule has 0 spiro atoms. The van der Waals surface area contributed by atoms with Gasteiger partial charge in [0.05, 0.1) is 15.7 Å². The lowest BCUT2D eigenvalue weighted by Gasteiger charge is -2.15. The van der Waals surface area contributed by atoms with E-state index in [1.54, 1.807) is 13.2 Å². The maximum atomic E-state index is 13.3. The van der Waals surface area contributed by atoms with Crippen molar-refractivity contribution in [2.45, 2.75) is 13.5 Å². The van der Waals surface area contributed by atoms with Crippen LogP contribution in [0, 0.1) is 16.3 Å². The van der Waals surface area contributed by atoms with Crippen molar-refractivity contribution in [3.63, 3.8) is 0 Å². The van der Waals surface area contributed by atoms with E-state index in [0.717, 1.165) is 20.4 Å². The highest BCUT2D eigenvalue weighted by atomic mass is 127. The highest BCUT2D eigenvalue weighted by Crippen LogP contribution is 2.34. The Bertz CT molecular complexity index is 1090. The highest BCUT2D eigenvalue weighted by Gasteiger charge is 2.14. The number of anilines is 2. The number of aryl methyl sites for hydroxylation is 1. The smallest absolute Gasteiger partial charge is 0.262 e. The Morgan fingerprint density at radius 1 is 1.13 bits per heavy atom. The molecule has 3 rings (SSSR count). The minimum absolute atomic E-state index is 0.0600. The number of methoxy groups -OCH3 is 1. The van der Waals surface area contributed by atoms with Gasteiger partial charge in [-0.05, 0) is 83.1 Å². The average molecular weight is 555 g/mol. The van der Waals surface area contributed by atoms with Crippen molar-refractivity contribution in [3.05, 3.63) is 80.1 Å². The molecule has 0 aliphatic rings. The van der Waals surface area contributed by atoms with Crippen LogP contribution in [0.4, 0.5) is 15.8 Å². The average Bonchev–Trinajstić information content (AvgIpc) is 2.73. The lowest BCUT2D eigenvalue weighted by Crippen LogP contribution is -2.20. The number of carbonyl (C=O) groups is 1. The SMILES string of the molecule is COc1cc(CNc2ccc(F)c(Cl)c2)cc(I)c1OCC(=O)Nc1cccc(C)c1. The first-order valence-electron chi connectivity index (χ1n) is 9.40. The summed E-state index contributed by atoms with van der Waals surface area (Å²) >= 11 is 7.96. The molecule has 0 aliphatic heterocycles. The summed E-state index contributed by atoms with van der Waals surface area (Å²) in [7, 11) is 1.54. The largest absolute Gasteiger partial charge is 0.493 e. The number of amides is 1. The fourth-order valence-corrected chi connectivity index (χ4v) is 3.89. The second-order valence-corrected chi connectivity index (χ2v) is 8.37. The number of nitrogens with one attached hydrogen (secondary N) is 2. The predicted molar refractivity (Wildman–Crippen MR) is 130 cm³/mol. The molecule has 3 aromatic carbocycles. The zero-order valence-electron chi connectivity index (χ0n) is 17.0. The predicted octanol–water partition coefficient (Wildman–Crippen LogP) is 6.03. The van der Waals surface area contributed by atoms with Crippen LogP contribution in [-0.4, -0.2) is 19.6 Å². The van der Waals surface area contributed by atoms with E-state index in [1.165, 1.54) is 12.1 Å². The van der Waals surface area contributed by atoms with Gasteiger partial charge in [0.15, 0.2) is 18.1 Å². The monoisotopic (exact) mass is 554 g/mol. The number of halogens is 3. The maximum Gasteiger partial charge on any atom is 0.262 e. The molecular formula is C23H21ClFIN2O3. The molecule has 0 atom stereocenters. The molecule has 162 valence electrons. The second kappa shape index (κ2) is 10.7. The molecule has 0 heterocycles. The summed E-state index contributed by atoms with van der Waals surface area (Å²) in [4.78, 5) is 12.3. The van der Waals surface area contributed by atoms with Crippen molar-refractivity contribution in [1.82, 2.24) is 0 Å². The Morgan fingerprint density at radius 2 is 1.94 bits per heavy atom. The van der Waals surface area contributed by atoms with Crippen molar-refractivity contribution in [2.24, 2.45) is 0 Å². The van der Waals surface area contributed by atoms with Crippen LogP contribution in [0.5, 0.6) is 11.5 Å². The van der Waals surface area contributed by atoms with Gasteiger partial charge in [-0.3, -0.25) is 4.79 Å². The van der Waals surface area contributed by atoms with Crippen LogP contribution in [-0.2, 0) is 11.3 Å². The Kier molecular flexibility index (Phi) is 7.97. The fourth-order valence-electron chi connectivity index (χ4n) is 2.88. The number of hydrogen-bond donors (Lipinski definition) is 2. The summed E-state index contributed by atoms with van der Waals surface area (Å²) in [5, 5.41) is 6.07. The van der Waals surface area contributed by atoms with Crippen LogP contribution >= 0.6 is 34.2 Å². The van der Waals surface area contributed by atoms with Gasteiger partial charge in [-0.25, -0.2) is 4.39 Å². The van der Waals surface area contributed by atoms with E-state index >= 15 is 0 Å². The normalized spacial score (nSPS) is 10.5. The van der Waals surface area contributed by atoms with Crippen molar-refractivity contribution in [1.29, 1.82) is 0 Å². The van der Waals surface area contributed by atoms with E-state index in [2.05, 4.69) is 33.2 Å². The molecule has 8 heteroatoms. The zero-order chi connectivity index (χ0) is 22.4. The summed E-state index contributed by atoms with van der Waals surface area (Å²) in [6, 6.07) is 15.8. The van der Waals surface area contributed by atoms with Gasteiger partial charge in [0.2, 0.25) is 0 Å². The summed E-state index contributed by atoms with van der Waals surface area (Å²) < 4.78 is 25.3. The standard InChI is InChI=1S/C23H21ClFIN2O3/c1-14-4-3-5-17(8-14)28-22(29)13-31-23-20(26)9-15(10-21(23)30-2)12-27-16-6-7-19(25)18(24)11-16/h3-11,27H,12-13H2,1-2H3,(H,28,29). The summed E-state index contributed by atoms with van der Waals surface area (Å²) in [5.41, 5.74) is 3.41. The van der Waals surface area contributed by atoms with Crippen LogP contribution in [0.3, 0.4) is 0 Å². The third-order valence-electron chi connectivity index (χ3n) is 4.35. The number of ether oxygens (including phenoxy) is 2. The van der Waals surface area contributed by atoms with E-state index in [-0.39, 0.29) is 17.5 Å². The molecule has 2 N–H and O–H groups in total. The molecule has 0 bridgehead atoms. The highest BCUT2D eigenvalue weighted by molar-refractivity contribution is 14.1. The third kappa shape index (κ3) is 6.48. The van der Waals surface area contributed by atoms with E-state index in [1.807, 2.05) is 43.3 Å². The molecular weight excluding hydrogens is 534 g/mol. The first-order chi connectivity index (χ1) is 14.9. The summed E-state index contributed by atoms with van der Waals surface area (Å²) in [6.45, 7) is 2.29. The van der Waals surface area contributed by atoms with Gasteiger partial charge < -0.3 is 20.1 Å². The number of rotatable bonds is 8. The molecule has 0 aliphatic carbocycles. The molecule has 0 fully saturated rings. The Balaban J connectivity index is 1.64. The Hall–Kier alpha value is -2.52. The first kappa shape index (κ1) is 23.1. The van der Waals surface area contributed by atoms with Crippen LogP contribution in [0.1, 0.15) is 11.1 Å². The Labute approximate surface area is 199 Å². The summed E-state index contributed by atoms with van der Waals surface area (Å²) in [6.07, 6.45) is 0. The van der Waals surface area contributed by atoms with Crippen LogP contribution < -0.4 is 20.1 Å². The van der Waals surface area contributed by atoms with Crippen molar-refractivity contribution >= 4 is 51.5 Å². The number of carbonyl (C=O) groups excluding carboxylic acids is 1. The minimum atomic E-state index is -0.462. The molecule has 0 saturated heterocycles. The minimum Gasteiger partial charge on any atom is -0.493 e. The molecule has 31 heavy (non-hydrogen) atoms. The van der Waals surface area contributed by atoms with Gasteiger partial charge in [-0.15, -0.1) is 0 Å². The van der Waals surface area contributed by atoms with Crippen molar-refractivity contribution in [3.8, 4) is 11.5 Å². The third-order valence-corrected chi connectivity index (χ3v) is 5.45. The van der Waals surface area contributed by atoms with E-state index in [9.17, 15) is 9.18 Å². The van der Waals surface area contributed by atoms with Gasteiger partial charge in [-0.1, -0.05) is 23.7 Å². The molecule has 0 saturated carbocycles. The fraction of sp³-hybridized carbons (Fsp3) is 0.174. The topological polar surface area (TPSA) is 59.6 Å². The number of hydrogen-bond acceptors (Lipinski definition) is 4. The van der Waals surface area contributed by atoms with Gasteiger partial charge in [-0.2, -0.15) is 0 Å². The van der Waals surface area contributed by atoms with Crippen LogP contribution in [0.15, 0.2) is 54.6 Å². The van der Waals surface area contributed by atoms with Crippen molar-refractivity contribution < 1.29 is 18.7 Å². The molecule has 5 nitrogen and oxygen atoms in total. The van der Waals surface area contributed by atoms with Gasteiger partial charge >= 0.3 is 0 Å². The molecule has 0 aromatic heterocycles. The van der Waals surface area contributed by atoms with Crippen LogP contribution in [0.2, 0.25) is 5.02 Å². The van der Waals surface area contributed by atoms with Gasteiger partial charge in [0.25, 0.3) is 5.91 Å². The zero-order valence-corrected chi connectivity index (χ0v) is 19.9. The van der Waals surface area contributed by atoms with Crippen LogP contribution in [0.25, 0.3) is 0 Å². The molecule has 1 amide bonds. The van der Waals surface area contributed by atoms with E-state index < -0.39 is 5.82 Å². The lowest BCUT2D eigenvalue weighted by molar-refractivity contribution is -0.118. The van der Waals surface area contributed by atoms with E-state index in [4.69, 9.17) is 21.1 Å².